The van der Waals surface area contributed by atoms with Crippen molar-refractivity contribution in [3.05, 3.63) is 473 Å². The van der Waals surface area contributed by atoms with Crippen molar-refractivity contribution in [3.63, 3.8) is 0 Å². The number of nitrogens with zero attached hydrogens (tertiary/aromatic N) is 6. The molecular weight excluding hydrogens is 1610 g/mol. The highest BCUT2D eigenvalue weighted by Crippen LogP contribution is 2.52. The molecule has 0 spiro atoms. The smallest absolute Gasteiger partial charge is 0.135 e. The molecule has 0 amide bonds. The zero-order chi connectivity index (χ0) is 85.0. The Bertz CT molecular complexity index is 9030. The first kappa shape index (κ1) is 75.0. The Morgan fingerprint density at radius 3 is 1.24 bits per heavy atom. The minimum atomic E-state index is 0.888. The Labute approximate surface area is 751 Å². The van der Waals surface area contributed by atoms with Crippen LogP contribution in [0.15, 0.2) is 478 Å². The van der Waals surface area contributed by atoms with Gasteiger partial charge in [0.05, 0.1) is 54.9 Å². The molecule has 0 bridgehead atoms. The van der Waals surface area contributed by atoms with E-state index in [9.17, 15) is 0 Å². The lowest BCUT2D eigenvalue weighted by Gasteiger charge is -2.28. The molecule has 6 aromatic heterocycles. The molecule has 27 aromatic rings. The van der Waals surface area contributed by atoms with Crippen LogP contribution in [-0.2, 0) is 0 Å². The van der Waals surface area contributed by atoms with Crippen LogP contribution >= 0.6 is 22.7 Å². The lowest BCUT2D eigenvalue weighted by Crippen LogP contribution is -2.12. The molecule has 7 nitrogen and oxygen atoms in total. The van der Waals surface area contributed by atoms with E-state index in [1.54, 1.807) is 0 Å². The highest BCUT2D eigenvalue weighted by atomic mass is 32.1. The maximum atomic E-state index is 6.23. The minimum Gasteiger partial charge on any atom is -0.456 e. The van der Waals surface area contributed by atoms with Crippen molar-refractivity contribution in [2.75, 3.05) is 14.7 Å². The van der Waals surface area contributed by atoms with Gasteiger partial charge >= 0.3 is 0 Å². The van der Waals surface area contributed by atoms with Crippen LogP contribution in [0.25, 0.3) is 177 Å². The predicted octanol–water partition coefficient (Wildman–Crippen LogP) is 34.9. The van der Waals surface area contributed by atoms with Gasteiger partial charge in [-0.2, -0.15) is 0 Å². The van der Waals surface area contributed by atoms with Gasteiger partial charge in [0, 0.05) is 141 Å². The molecule has 0 aliphatic carbocycles. The van der Waals surface area contributed by atoms with E-state index in [0.29, 0.717) is 0 Å². The van der Waals surface area contributed by atoms with Crippen molar-refractivity contribution in [3.8, 4) is 17.1 Å². The number of hydrogen-bond acceptors (Lipinski definition) is 6. The summed E-state index contributed by atoms with van der Waals surface area (Å²) < 4.78 is 18.7. The van der Waals surface area contributed by atoms with Gasteiger partial charge in [-0.1, -0.05) is 279 Å². The molecule has 0 radical (unpaired) electrons. The van der Waals surface area contributed by atoms with Crippen LogP contribution < -0.4 is 14.7 Å². The van der Waals surface area contributed by atoms with Gasteiger partial charge in [0.25, 0.3) is 0 Å². The maximum absolute atomic E-state index is 6.23. The number of fused-ring (bicyclic) bond motifs is 21. The van der Waals surface area contributed by atoms with E-state index in [4.69, 9.17) is 4.42 Å². The normalized spacial score (nSPS) is 11.7. The molecule has 129 heavy (non-hydrogen) atoms. The van der Waals surface area contributed by atoms with Crippen molar-refractivity contribution in [1.82, 2.24) is 13.7 Å². The van der Waals surface area contributed by atoms with Gasteiger partial charge in [-0.3, -0.25) is 0 Å². The fraction of sp³-hybridized carbons (Fsp3) is 0. The first-order valence-corrected chi connectivity index (χ1v) is 45.5. The van der Waals surface area contributed by atoms with E-state index in [1.807, 2.05) is 34.8 Å². The summed E-state index contributed by atoms with van der Waals surface area (Å²) in [5.41, 5.74) is 22.7. The van der Waals surface area contributed by atoms with Crippen LogP contribution in [0.2, 0.25) is 0 Å². The highest BCUT2D eigenvalue weighted by Gasteiger charge is 2.28. The van der Waals surface area contributed by atoms with E-state index in [0.717, 1.165) is 73.1 Å². The number of furan rings is 1. The Kier molecular flexibility index (Phi) is 18.2. The van der Waals surface area contributed by atoms with Crippen molar-refractivity contribution in [2.45, 2.75) is 0 Å². The first-order chi connectivity index (χ1) is 64.0. The van der Waals surface area contributed by atoms with E-state index in [1.165, 1.54) is 155 Å². The average Bonchev–Trinajstić information content (AvgIpc) is 1.01. The van der Waals surface area contributed by atoms with Gasteiger partial charge in [-0.25, -0.2) is 0 Å². The predicted molar refractivity (Wildman–Crippen MR) is 552 cm³/mol. The van der Waals surface area contributed by atoms with Gasteiger partial charge in [0.1, 0.15) is 11.2 Å². The average molecular weight is 1680 g/mol. The molecule has 0 N–H and O–H groups in total. The molecule has 0 atom stereocenters. The zero-order valence-corrected chi connectivity index (χ0v) is 71.6. The van der Waals surface area contributed by atoms with Crippen LogP contribution in [0.4, 0.5) is 51.2 Å². The summed E-state index contributed by atoms with van der Waals surface area (Å²) in [5.74, 6) is 0. The zero-order valence-electron chi connectivity index (χ0n) is 69.9. The molecule has 0 fully saturated rings. The third-order valence-corrected chi connectivity index (χ3v) is 27.9. The minimum absolute atomic E-state index is 0.888. The molecule has 0 aliphatic rings. The summed E-state index contributed by atoms with van der Waals surface area (Å²) in [6.07, 6.45) is 0. The fourth-order valence-electron chi connectivity index (χ4n) is 19.9. The molecular formula is C120H78N6OS2. The van der Waals surface area contributed by atoms with Crippen LogP contribution in [0, 0.1) is 0 Å². The Morgan fingerprint density at radius 1 is 0.186 bits per heavy atom. The molecule has 21 aromatic carbocycles. The van der Waals surface area contributed by atoms with E-state index < -0.39 is 0 Å². The number of anilines is 9. The monoisotopic (exact) mass is 1680 g/mol. The molecule has 0 saturated heterocycles. The van der Waals surface area contributed by atoms with Crippen LogP contribution in [0.1, 0.15) is 0 Å². The first-order valence-electron chi connectivity index (χ1n) is 43.8. The molecule has 606 valence electrons. The number of hydrogen-bond donors (Lipinski definition) is 0. The second-order valence-corrected chi connectivity index (χ2v) is 35.1. The Morgan fingerprint density at radius 2 is 0.597 bits per heavy atom. The van der Waals surface area contributed by atoms with Crippen LogP contribution in [0.5, 0.6) is 0 Å². The van der Waals surface area contributed by atoms with E-state index >= 15 is 0 Å². The molecule has 27 rings (SSSR count). The summed E-state index contributed by atoms with van der Waals surface area (Å²) in [7, 11) is 0. The number of para-hydroxylation sites is 10. The second-order valence-electron chi connectivity index (χ2n) is 33.0. The van der Waals surface area contributed by atoms with Gasteiger partial charge in [0.2, 0.25) is 0 Å². The highest BCUT2D eigenvalue weighted by molar-refractivity contribution is 7.26. The Balaban J connectivity index is 0.000000105. The maximum Gasteiger partial charge on any atom is 0.135 e. The Hall–Kier alpha value is -16.6. The third kappa shape index (κ3) is 12.8. The molecule has 0 saturated carbocycles. The van der Waals surface area contributed by atoms with Crippen molar-refractivity contribution >= 4 is 234 Å². The fourth-order valence-corrected chi connectivity index (χ4v) is 22.3. The summed E-state index contributed by atoms with van der Waals surface area (Å²) in [4.78, 5) is 7.24. The lowest BCUT2D eigenvalue weighted by molar-refractivity contribution is 0.669. The molecule has 6 heterocycles. The number of rotatable bonds is 12. The number of thiophene rings is 2. The van der Waals surface area contributed by atoms with Crippen LogP contribution in [-0.4, -0.2) is 13.7 Å². The second kappa shape index (κ2) is 31.3. The van der Waals surface area contributed by atoms with Gasteiger partial charge in [-0.15, -0.1) is 22.7 Å². The van der Waals surface area contributed by atoms with Gasteiger partial charge in [-0.05, 0) is 216 Å². The summed E-state index contributed by atoms with van der Waals surface area (Å²) in [6.45, 7) is 0. The number of aromatic nitrogens is 3. The molecule has 9 heteroatoms. The van der Waals surface area contributed by atoms with Crippen molar-refractivity contribution < 1.29 is 4.42 Å². The topological polar surface area (TPSA) is 37.6 Å². The van der Waals surface area contributed by atoms with Gasteiger partial charge in [0.15, 0.2) is 0 Å². The van der Waals surface area contributed by atoms with E-state index in [-0.39, 0.29) is 0 Å². The summed E-state index contributed by atoms with van der Waals surface area (Å²) >= 11 is 3.73. The third-order valence-electron chi connectivity index (χ3n) is 25.6. The lowest BCUT2D eigenvalue weighted by atomic mass is 10.0. The van der Waals surface area contributed by atoms with Crippen molar-refractivity contribution in [2.24, 2.45) is 0 Å². The van der Waals surface area contributed by atoms with E-state index in [2.05, 4.69) is 489 Å². The summed E-state index contributed by atoms with van der Waals surface area (Å²) in [5, 5.41) is 22.3. The van der Waals surface area contributed by atoms with Crippen molar-refractivity contribution in [1.29, 1.82) is 0 Å². The largest absolute Gasteiger partial charge is 0.456 e. The summed E-state index contributed by atoms with van der Waals surface area (Å²) in [6, 6.07) is 170. The SMILES string of the molecule is c1ccc(N(c2ccc3c(c2)sc2ccccc23)c2cccc3cc4c5ccccc5n(-c5ccccc5)c4cc23)cc1.c1ccc(N(c2ccc3cc4c5ccccc5n(-c5ccccc5)c4cc3c2)c2cccc3c2sc2ccccc23)cc1.c1ccc(N(c2ccc3oc4ccccc4c3c2)c2c3ccccc3cc3c4ccccc4n(-c4ccccc4)c23)cc1. The van der Waals surface area contributed by atoms with Gasteiger partial charge < -0.3 is 32.8 Å². The van der Waals surface area contributed by atoms with Crippen LogP contribution in [0.3, 0.4) is 0 Å². The standard InChI is InChI=1S/C40H26N2O.2C40H26N2S/c1-3-14-28(15-4-1)41(30-23-24-38-34(26-30)33-20-10-12-22-37(33)43-38)39-31-18-8-7-13-27(31)25-35-32-19-9-11-21-36(32)42(40(35)39)29-16-5-2-6-17-29;1-3-13-28(14-4-1)41(30-22-23-33-32-18-8-10-21-39(32)43-40(33)25-30)37-20-11-12-27-24-35-31-17-7-9-19-36(31)42(38(35)26-34(27)37)29-15-5-2-6-16-29;1-3-12-29(13-4-1)41(37-20-11-18-34-33-17-8-10-21-39(33)43-40(34)37)31-23-22-27-25-35-32-16-7-9-19-36(32)42(30-14-5-2-6-15-30)38(35)26-28(27)24-31/h3*1-26H. The molecule has 0 aliphatic heterocycles. The number of benzene rings is 21. The quantitative estimate of drug-likeness (QED) is 0.122. The molecule has 0 unspecified atom stereocenters.